The number of esters is 1. The summed E-state index contributed by atoms with van der Waals surface area (Å²) in [6.07, 6.45) is 2.79. The number of hydrazine groups is 1. The van der Waals surface area contributed by atoms with E-state index in [1.165, 1.54) is 18.3 Å². The Hall–Kier alpha value is -4.57. The van der Waals surface area contributed by atoms with E-state index in [2.05, 4.69) is 16.0 Å². The highest BCUT2D eigenvalue weighted by molar-refractivity contribution is 5.95. The first-order chi connectivity index (χ1) is 17.5. The van der Waals surface area contributed by atoms with Gasteiger partial charge in [-0.05, 0) is 23.6 Å². The molecule has 0 spiro atoms. The zero-order chi connectivity index (χ0) is 25.5. The second kappa shape index (κ2) is 10.8. The van der Waals surface area contributed by atoms with E-state index >= 15 is 0 Å². The Kier molecular flexibility index (Phi) is 7.36. The molecule has 10 nitrogen and oxygen atoms in total. The van der Waals surface area contributed by atoms with Crippen molar-refractivity contribution in [3.63, 3.8) is 0 Å². The maximum absolute atomic E-state index is 13.6. The van der Waals surface area contributed by atoms with Gasteiger partial charge in [-0.1, -0.05) is 80.1 Å². The number of nitro benzene ring substituents is 1. The molecule has 1 heterocycles. The number of nitro groups is 1. The number of nitrogens with one attached hydrogen (secondary N) is 2. The molecule has 0 unspecified atom stereocenters. The van der Waals surface area contributed by atoms with Crippen LogP contribution < -0.4 is 10.9 Å². The predicted molar refractivity (Wildman–Crippen MR) is 133 cm³/mol. The van der Waals surface area contributed by atoms with Crippen LogP contribution in [0, 0.1) is 10.1 Å². The fraction of sp³-hybridized carbons (Fsp3) is 0.192. The van der Waals surface area contributed by atoms with Gasteiger partial charge < -0.3 is 4.74 Å². The number of ether oxygens (including phenoxy) is 1. The Labute approximate surface area is 207 Å². The molecule has 0 aliphatic rings. The van der Waals surface area contributed by atoms with Crippen LogP contribution in [-0.4, -0.2) is 33.3 Å². The van der Waals surface area contributed by atoms with Gasteiger partial charge in [0.2, 0.25) is 0 Å². The molecule has 10 heteroatoms. The minimum Gasteiger partial charge on any atom is -0.464 e. The van der Waals surface area contributed by atoms with Gasteiger partial charge >= 0.3 is 12.0 Å². The van der Waals surface area contributed by atoms with Crippen LogP contribution in [0.2, 0.25) is 0 Å². The normalized spacial score (nSPS) is 11.2. The summed E-state index contributed by atoms with van der Waals surface area (Å²) in [5, 5.41) is 15.6. The topological polar surface area (TPSA) is 128 Å². The summed E-state index contributed by atoms with van der Waals surface area (Å²) in [5.74, 6) is -0.588. The van der Waals surface area contributed by atoms with Crippen LogP contribution in [0.25, 0.3) is 10.9 Å². The van der Waals surface area contributed by atoms with E-state index in [-0.39, 0.29) is 23.2 Å². The van der Waals surface area contributed by atoms with E-state index in [4.69, 9.17) is 4.74 Å². The van der Waals surface area contributed by atoms with Crippen LogP contribution in [0.3, 0.4) is 0 Å². The Morgan fingerprint density at radius 2 is 1.64 bits per heavy atom. The molecule has 3 aromatic carbocycles. The van der Waals surface area contributed by atoms with E-state index in [0.29, 0.717) is 17.5 Å². The lowest BCUT2D eigenvalue weighted by molar-refractivity contribution is -0.383. The third-order valence-electron chi connectivity index (χ3n) is 5.79. The van der Waals surface area contributed by atoms with Gasteiger partial charge in [-0.3, -0.25) is 15.5 Å². The van der Waals surface area contributed by atoms with Crippen molar-refractivity contribution < 1.29 is 19.2 Å². The van der Waals surface area contributed by atoms with Crippen molar-refractivity contribution in [1.29, 1.82) is 0 Å². The van der Waals surface area contributed by atoms with Crippen molar-refractivity contribution in [3.05, 3.63) is 106 Å². The summed E-state index contributed by atoms with van der Waals surface area (Å²) in [6, 6.07) is 21.5. The number of nitrogens with zero attached hydrogens (tertiary/aromatic N) is 3. The molecule has 4 aromatic rings. The molecule has 2 N–H and O–H groups in total. The minimum absolute atomic E-state index is 0.165. The van der Waals surface area contributed by atoms with Gasteiger partial charge in [0, 0.05) is 6.07 Å². The number of hydrogen-bond acceptors (Lipinski definition) is 7. The Bertz CT molecular complexity index is 1330. The number of carbonyl (C=O) groups is 2. The molecule has 1 amide bonds. The van der Waals surface area contributed by atoms with Crippen LogP contribution in [0.4, 0.5) is 10.5 Å². The molecule has 0 fully saturated rings. The Balaban J connectivity index is 1.73. The third kappa shape index (κ3) is 4.66. The largest absolute Gasteiger partial charge is 0.464 e. The zero-order valence-electron chi connectivity index (χ0n) is 19.6. The van der Waals surface area contributed by atoms with Gasteiger partial charge in [-0.15, -0.1) is 0 Å². The van der Waals surface area contributed by atoms with Gasteiger partial charge in [0.25, 0.3) is 5.69 Å². The third-order valence-corrected chi connectivity index (χ3v) is 5.79. The fourth-order valence-corrected chi connectivity index (χ4v) is 3.95. The molecule has 0 saturated carbocycles. The van der Waals surface area contributed by atoms with Crippen LogP contribution in [0.5, 0.6) is 0 Å². The van der Waals surface area contributed by atoms with Crippen LogP contribution in [-0.2, 0) is 15.1 Å². The number of hydrogen-bond donors (Lipinski definition) is 2. The molecule has 184 valence electrons. The van der Waals surface area contributed by atoms with Gasteiger partial charge in [0.15, 0.2) is 5.54 Å². The first-order valence-electron chi connectivity index (χ1n) is 11.5. The number of amides is 1. The fourth-order valence-electron chi connectivity index (χ4n) is 3.95. The molecular formula is C26H25N5O5. The molecule has 0 aliphatic heterocycles. The quantitative estimate of drug-likeness (QED) is 0.156. The van der Waals surface area contributed by atoms with E-state index in [0.717, 1.165) is 11.1 Å². The summed E-state index contributed by atoms with van der Waals surface area (Å²) >= 11 is 0. The summed E-state index contributed by atoms with van der Waals surface area (Å²) in [7, 11) is 0. The van der Waals surface area contributed by atoms with Crippen molar-refractivity contribution in [2.45, 2.75) is 25.3 Å². The first kappa shape index (κ1) is 24.6. The van der Waals surface area contributed by atoms with Gasteiger partial charge in [0.05, 0.1) is 28.6 Å². The second-order valence-corrected chi connectivity index (χ2v) is 8.05. The van der Waals surface area contributed by atoms with E-state index in [1.807, 2.05) is 19.1 Å². The molecule has 0 atom stereocenters. The molecule has 0 aliphatic carbocycles. The SMILES string of the molecule is CCCCOC(=O)C(NNC(=O)n1ncc2c([N+](=O)[O-])cccc21)(c1ccccc1)c1ccccc1. The lowest BCUT2D eigenvalue weighted by atomic mass is 9.83. The number of rotatable bonds is 9. The smallest absolute Gasteiger partial charge is 0.356 e. The van der Waals surface area contributed by atoms with Gasteiger partial charge in [0.1, 0.15) is 0 Å². The predicted octanol–water partition coefficient (Wildman–Crippen LogP) is 4.29. The van der Waals surface area contributed by atoms with Crippen LogP contribution in [0.15, 0.2) is 85.1 Å². The number of non-ortho nitro benzene ring substituents is 1. The van der Waals surface area contributed by atoms with Crippen LogP contribution in [0.1, 0.15) is 30.9 Å². The molecule has 4 rings (SSSR count). The van der Waals surface area contributed by atoms with Crippen LogP contribution >= 0.6 is 0 Å². The Morgan fingerprint density at radius 1 is 1.00 bits per heavy atom. The molecule has 0 bridgehead atoms. The van der Waals surface area contributed by atoms with E-state index < -0.39 is 22.5 Å². The standard InChI is InChI=1S/C26H25N5O5/c1-2-3-17-36-24(32)26(19-11-6-4-7-12-19,20-13-8-5-9-14-20)29-28-25(33)30-22-15-10-16-23(31(34)35)21(22)18-27-30/h4-16,18,29H,2-3,17H2,1H3,(H,28,33). The van der Waals surface area contributed by atoms with Crippen molar-refractivity contribution in [1.82, 2.24) is 20.6 Å². The molecule has 36 heavy (non-hydrogen) atoms. The van der Waals surface area contributed by atoms with Crippen molar-refractivity contribution >= 4 is 28.6 Å². The second-order valence-electron chi connectivity index (χ2n) is 8.05. The minimum atomic E-state index is -1.57. The highest BCUT2D eigenvalue weighted by Gasteiger charge is 2.44. The average Bonchev–Trinajstić information content (AvgIpc) is 3.35. The molecule has 1 aromatic heterocycles. The van der Waals surface area contributed by atoms with Crippen molar-refractivity contribution in [2.24, 2.45) is 0 Å². The lowest BCUT2D eigenvalue weighted by Gasteiger charge is -2.33. The number of unbranched alkanes of at least 4 members (excludes halogenated alkanes) is 1. The maximum Gasteiger partial charge on any atom is 0.356 e. The number of carbonyl (C=O) groups excluding carboxylic acids is 2. The highest BCUT2D eigenvalue weighted by Crippen LogP contribution is 2.31. The summed E-state index contributed by atoms with van der Waals surface area (Å²) < 4.78 is 6.64. The van der Waals surface area contributed by atoms with Crippen molar-refractivity contribution in [2.75, 3.05) is 6.61 Å². The summed E-state index contributed by atoms with van der Waals surface area (Å²) in [4.78, 5) is 37.7. The Morgan fingerprint density at radius 3 is 2.22 bits per heavy atom. The monoisotopic (exact) mass is 487 g/mol. The van der Waals surface area contributed by atoms with E-state index in [9.17, 15) is 19.7 Å². The highest BCUT2D eigenvalue weighted by atomic mass is 16.6. The zero-order valence-corrected chi connectivity index (χ0v) is 19.6. The molecule has 0 radical (unpaired) electrons. The van der Waals surface area contributed by atoms with Gasteiger partial charge in [-0.2, -0.15) is 9.78 Å². The number of fused-ring (bicyclic) bond motifs is 1. The maximum atomic E-state index is 13.6. The first-order valence-corrected chi connectivity index (χ1v) is 11.5. The molecular weight excluding hydrogens is 462 g/mol. The van der Waals surface area contributed by atoms with Crippen molar-refractivity contribution in [3.8, 4) is 0 Å². The van der Waals surface area contributed by atoms with E-state index in [1.54, 1.807) is 54.6 Å². The number of benzene rings is 3. The summed E-state index contributed by atoms with van der Waals surface area (Å²) in [6.45, 7) is 2.21. The number of aromatic nitrogens is 2. The summed E-state index contributed by atoms with van der Waals surface area (Å²) in [5.41, 5.74) is 5.11. The average molecular weight is 488 g/mol. The van der Waals surface area contributed by atoms with Gasteiger partial charge in [-0.25, -0.2) is 15.0 Å². The lowest BCUT2D eigenvalue weighted by Crippen LogP contribution is -2.58. The molecule has 0 saturated heterocycles.